The zero-order chi connectivity index (χ0) is 10.7. The summed E-state index contributed by atoms with van der Waals surface area (Å²) in [5.41, 5.74) is 0.516. The van der Waals surface area contributed by atoms with Crippen molar-refractivity contribution < 1.29 is 0 Å². The topological polar surface area (TPSA) is 23.8 Å². The Morgan fingerprint density at radius 3 is 2.00 bits per heavy atom. The van der Waals surface area contributed by atoms with Gasteiger partial charge in [0.1, 0.15) is 4.75 Å². The molecule has 0 heterocycles. The fourth-order valence-electron chi connectivity index (χ4n) is 2.97. The lowest BCUT2D eigenvalue weighted by molar-refractivity contribution is 0.0833. The maximum Gasteiger partial charge on any atom is 0.103 e. The SMILES string of the molecule is CCCC1(CCC)CC(C#N)(SC)C1. The first kappa shape index (κ1) is 11.9. The summed E-state index contributed by atoms with van der Waals surface area (Å²) in [5.74, 6) is 0. The molecule has 1 nitrogen and oxygen atoms in total. The van der Waals surface area contributed by atoms with Crippen LogP contribution in [0, 0.1) is 16.7 Å². The molecule has 2 heteroatoms. The summed E-state index contributed by atoms with van der Waals surface area (Å²) in [5, 5.41) is 9.13. The maximum absolute atomic E-state index is 9.13. The molecule has 1 aliphatic carbocycles. The van der Waals surface area contributed by atoms with Gasteiger partial charge in [-0.2, -0.15) is 5.26 Å². The minimum absolute atomic E-state index is 0.0374. The van der Waals surface area contributed by atoms with Gasteiger partial charge in [-0.3, -0.25) is 0 Å². The number of hydrogen-bond acceptors (Lipinski definition) is 2. The van der Waals surface area contributed by atoms with Gasteiger partial charge in [0.2, 0.25) is 0 Å². The molecule has 1 aliphatic rings. The molecule has 0 bridgehead atoms. The molecule has 0 N–H and O–H groups in total. The molecule has 0 aliphatic heterocycles. The maximum atomic E-state index is 9.13. The molecule has 14 heavy (non-hydrogen) atoms. The van der Waals surface area contributed by atoms with Crippen LogP contribution in [0.1, 0.15) is 52.4 Å². The zero-order valence-corrected chi connectivity index (χ0v) is 10.4. The summed E-state index contributed by atoms with van der Waals surface area (Å²) in [4.78, 5) is 0. The van der Waals surface area contributed by atoms with Crippen LogP contribution in [0.25, 0.3) is 0 Å². The fourth-order valence-corrected chi connectivity index (χ4v) is 3.96. The average Bonchev–Trinajstić information content (AvgIpc) is 2.13. The number of nitrogens with zero attached hydrogens (tertiary/aromatic N) is 1. The van der Waals surface area contributed by atoms with Gasteiger partial charge >= 0.3 is 0 Å². The Bertz CT molecular complexity index is 215. The molecule has 0 atom stereocenters. The fraction of sp³-hybridized carbons (Fsp3) is 0.917. The predicted molar refractivity (Wildman–Crippen MR) is 63.3 cm³/mol. The molecule has 0 spiro atoms. The third kappa shape index (κ3) is 2.08. The van der Waals surface area contributed by atoms with Crippen LogP contribution in [0.5, 0.6) is 0 Å². The summed E-state index contributed by atoms with van der Waals surface area (Å²) < 4.78 is -0.0374. The first-order chi connectivity index (χ1) is 6.66. The first-order valence-electron chi connectivity index (χ1n) is 5.62. The molecule has 0 unspecified atom stereocenters. The Hall–Kier alpha value is -0.160. The van der Waals surface area contributed by atoms with Gasteiger partial charge in [0, 0.05) is 0 Å². The second-order valence-corrected chi connectivity index (χ2v) is 5.85. The Morgan fingerprint density at radius 1 is 1.21 bits per heavy atom. The van der Waals surface area contributed by atoms with Crippen LogP contribution in [0.2, 0.25) is 0 Å². The number of hydrogen-bond donors (Lipinski definition) is 0. The summed E-state index contributed by atoms with van der Waals surface area (Å²) in [6, 6.07) is 2.50. The van der Waals surface area contributed by atoms with E-state index in [0.717, 1.165) is 12.8 Å². The standard InChI is InChI=1S/C12H21NS/c1-4-6-11(7-5-2)8-12(9-11,10-13)14-3/h4-9H2,1-3H3. The van der Waals surface area contributed by atoms with Crippen molar-refractivity contribution in [3.05, 3.63) is 0 Å². The molecular formula is C12H21NS. The van der Waals surface area contributed by atoms with Crippen LogP contribution < -0.4 is 0 Å². The average molecular weight is 211 g/mol. The van der Waals surface area contributed by atoms with Gasteiger partial charge in [-0.05, 0) is 37.4 Å². The molecule has 1 saturated carbocycles. The highest BCUT2D eigenvalue weighted by molar-refractivity contribution is 8.00. The number of rotatable bonds is 5. The second kappa shape index (κ2) is 4.57. The molecule has 80 valence electrons. The van der Waals surface area contributed by atoms with Gasteiger partial charge < -0.3 is 0 Å². The molecule has 0 radical (unpaired) electrons. The summed E-state index contributed by atoms with van der Waals surface area (Å²) in [6.45, 7) is 4.51. The van der Waals surface area contributed by atoms with Crippen molar-refractivity contribution in [2.45, 2.75) is 57.1 Å². The van der Waals surface area contributed by atoms with E-state index in [-0.39, 0.29) is 4.75 Å². The Morgan fingerprint density at radius 2 is 1.71 bits per heavy atom. The highest BCUT2D eigenvalue weighted by atomic mass is 32.2. The lowest BCUT2D eigenvalue weighted by Crippen LogP contribution is -2.48. The minimum Gasteiger partial charge on any atom is -0.197 e. The van der Waals surface area contributed by atoms with Crippen molar-refractivity contribution in [3.8, 4) is 6.07 Å². The Balaban J connectivity index is 2.58. The highest BCUT2D eigenvalue weighted by Crippen LogP contribution is 2.59. The summed E-state index contributed by atoms with van der Waals surface area (Å²) in [6.07, 6.45) is 9.46. The van der Waals surface area contributed by atoms with E-state index in [1.807, 2.05) is 0 Å². The highest BCUT2D eigenvalue weighted by Gasteiger charge is 2.53. The van der Waals surface area contributed by atoms with Gasteiger partial charge in [-0.15, -0.1) is 11.8 Å². The second-order valence-electron chi connectivity index (χ2n) is 4.66. The van der Waals surface area contributed by atoms with E-state index in [2.05, 4.69) is 26.2 Å². The van der Waals surface area contributed by atoms with Crippen molar-refractivity contribution in [1.29, 1.82) is 5.26 Å². The van der Waals surface area contributed by atoms with Crippen LogP contribution in [0.15, 0.2) is 0 Å². The number of thioether (sulfide) groups is 1. The van der Waals surface area contributed by atoms with Crippen molar-refractivity contribution in [1.82, 2.24) is 0 Å². The van der Waals surface area contributed by atoms with Crippen LogP contribution in [0.3, 0.4) is 0 Å². The molecule has 0 saturated heterocycles. The lowest BCUT2D eigenvalue weighted by atomic mass is 9.58. The van der Waals surface area contributed by atoms with Gasteiger partial charge in [0.15, 0.2) is 0 Å². The van der Waals surface area contributed by atoms with Gasteiger partial charge in [0.05, 0.1) is 6.07 Å². The molecule has 0 aromatic rings. The van der Waals surface area contributed by atoms with Crippen molar-refractivity contribution in [2.75, 3.05) is 6.26 Å². The molecular weight excluding hydrogens is 190 g/mol. The van der Waals surface area contributed by atoms with Crippen molar-refractivity contribution in [3.63, 3.8) is 0 Å². The third-order valence-corrected chi connectivity index (χ3v) is 4.64. The van der Waals surface area contributed by atoms with Gasteiger partial charge in [-0.25, -0.2) is 0 Å². The van der Waals surface area contributed by atoms with E-state index in [0.29, 0.717) is 5.41 Å². The van der Waals surface area contributed by atoms with Crippen LogP contribution >= 0.6 is 11.8 Å². The van der Waals surface area contributed by atoms with E-state index in [4.69, 9.17) is 5.26 Å². The largest absolute Gasteiger partial charge is 0.197 e. The van der Waals surface area contributed by atoms with Crippen LogP contribution in [0.4, 0.5) is 0 Å². The summed E-state index contributed by atoms with van der Waals surface area (Å²) in [7, 11) is 0. The van der Waals surface area contributed by atoms with E-state index in [9.17, 15) is 0 Å². The van der Waals surface area contributed by atoms with E-state index in [1.54, 1.807) is 11.8 Å². The van der Waals surface area contributed by atoms with Crippen LogP contribution in [-0.4, -0.2) is 11.0 Å². The molecule has 1 fully saturated rings. The third-order valence-electron chi connectivity index (χ3n) is 3.48. The number of nitriles is 1. The van der Waals surface area contributed by atoms with Gasteiger partial charge in [-0.1, -0.05) is 26.7 Å². The molecule has 0 aromatic heterocycles. The monoisotopic (exact) mass is 211 g/mol. The lowest BCUT2D eigenvalue weighted by Gasteiger charge is -2.52. The normalized spacial score (nSPS) is 22.4. The first-order valence-corrected chi connectivity index (χ1v) is 6.85. The van der Waals surface area contributed by atoms with Crippen molar-refractivity contribution >= 4 is 11.8 Å². The van der Waals surface area contributed by atoms with E-state index >= 15 is 0 Å². The quantitative estimate of drug-likeness (QED) is 0.686. The predicted octanol–water partition coefficient (Wildman–Crippen LogP) is 3.99. The zero-order valence-electron chi connectivity index (χ0n) is 9.60. The smallest absolute Gasteiger partial charge is 0.103 e. The van der Waals surface area contributed by atoms with Crippen molar-refractivity contribution in [2.24, 2.45) is 5.41 Å². The van der Waals surface area contributed by atoms with E-state index in [1.165, 1.54) is 25.7 Å². The Kier molecular flexibility index (Phi) is 3.89. The molecule has 0 aromatic carbocycles. The molecule has 1 rings (SSSR count). The summed E-state index contributed by atoms with van der Waals surface area (Å²) >= 11 is 1.75. The van der Waals surface area contributed by atoms with E-state index < -0.39 is 0 Å². The van der Waals surface area contributed by atoms with Gasteiger partial charge in [0.25, 0.3) is 0 Å². The molecule has 0 amide bonds. The minimum atomic E-state index is -0.0374. The Labute approximate surface area is 92.3 Å². The van der Waals surface area contributed by atoms with Crippen LogP contribution in [-0.2, 0) is 0 Å².